The Bertz CT molecular complexity index is 683. The predicted octanol–water partition coefficient (Wildman–Crippen LogP) is 3.01. The van der Waals surface area contributed by atoms with Gasteiger partial charge in [0.05, 0.1) is 26.6 Å². The van der Waals surface area contributed by atoms with Crippen LogP contribution in [0, 0.1) is 20.2 Å². The summed E-state index contributed by atoms with van der Waals surface area (Å²) in [7, 11) is 0. The first-order chi connectivity index (χ1) is 9.56. The molecule has 0 unspecified atom stereocenters. The smallest absolute Gasteiger partial charge is 0.278 e. The standard InChI is InChI=1S/C11H8N4O4S/c16-14(17)9-3-1-2-8(6-9)13-12-7-10-4-5-11(20-10)15(18)19/h1-7,13H. The maximum Gasteiger partial charge on any atom is 0.324 e. The van der Waals surface area contributed by atoms with Gasteiger partial charge in [0.15, 0.2) is 0 Å². The van der Waals surface area contributed by atoms with Gasteiger partial charge in [-0.2, -0.15) is 5.10 Å². The van der Waals surface area contributed by atoms with Gasteiger partial charge >= 0.3 is 5.00 Å². The molecule has 0 saturated heterocycles. The Labute approximate surface area is 116 Å². The highest BCUT2D eigenvalue weighted by Gasteiger charge is 2.08. The van der Waals surface area contributed by atoms with E-state index < -0.39 is 9.85 Å². The summed E-state index contributed by atoms with van der Waals surface area (Å²) in [5, 5.41) is 25.0. The topological polar surface area (TPSA) is 111 Å². The van der Waals surface area contributed by atoms with Gasteiger partial charge in [0.1, 0.15) is 0 Å². The third-order valence-corrected chi connectivity index (χ3v) is 3.21. The van der Waals surface area contributed by atoms with Crippen molar-refractivity contribution in [3.63, 3.8) is 0 Å². The molecule has 0 bridgehead atoms. The zero-order valence-corrected chi connectivity index (χ0v) is 10.7. The van der Waals surface area contributed by atoms with Crippen LogP contribution >= 0.6 is 11.3 Å². The number of hydrazone groups is 1. The third kappa shape index (κ3) is 3.36. The van der Waals surface area contributed by atoms with E-state index in [1.807, 2.05) is 0 Å². The van der Waals surface area contributed by atoms with Crippen molar-refractivity contribution in [1.29, 1.82) is 0 Å². The SMILES string of the molecule is O=[N+]([O-])c1cccc(NN=Cc2ccc([N+](=O)[O-])s2)c1. The highest BCUT2D eigenvalue weighted by Crippen LogP contribution is 2.22. The van der Waals surface area contributed by atoms with Crippen LogP contribution < -0.4 is 5.43 Å². The Balaban J connectivity index is 2.04. The first-order valence-corrected chi connectivity index (χ1v) is 6.15. The van der Waals surface area contributed by atoms with E-state index in [-0.39, 0.29) is 10.7 Å². The second-order valence-corrected chi connectivity index (χ2v) is 4.70. The van der Waals surface area contributed by atoms with Gasteiger partial charge in [-0.05, 0) is 12.1 Å². The molecule has 1 aromatic carbocycles. The van der Waals surface area contributed by atoms with Crippen LogP contribution in [0.2, 0.25) is 0 Å². The van der Waals surface area contributed by atoms with Gasteiger partial charge in [0.25, 0.3) is 5.69 Å². The molecule has 1 heterocycles. The van der Waals surface area contributed by atoms with Gasteiger partial charge in [0, 0.05) is 18.2 Å². The molecule has 0 radical (unpaired) electrons. The van der Waals surface area contributed by atoms with Crippen molar-refractivity contribution in [2.45, 2.75) is 0 Å². The fourth-order valence-electron chi connectivity index (χ4n) is 1.37. The lowest BCUT2D eigenvalue weighted by molar-refractivity contribution is -0.384. The van der Waals surface area contributed by atoms with Crippen LogP contribution in [-0.2, 0) is 0 Å². The summed E-state index contributed by atoms with van der Waals surface area (Å²) in [6.45, 7) is 0. The molecule has 0 spiro atoms. The molecular weight excluding hydrogens is 284 g/mol. The molecule has 9 heteroatoms. The zero-order valence-electron chi connectivity index (χ0n) is 9.92. The van der Waals surface area contributed by atoms with Gasteiger partial charge in [-0.3, -0.25) is 25.7 Å². The van der Waals surface area contributed by atoms with E-state index in [2.05, 4.69) is 10.5 Å². The number of nitrogens with one attached hydrogen (secondary N) is 1. The van der Waals surface area contributed by atoms with Crippen molar-refractivity contribution in [1.82, 2.24) is 0 Å². The van der Waals surface area contributed by atoms with Crippen LogP contribution in [-0.4, -0.2) is 16.1 Å². The molecule has 0 atom stereocenters. The molecule has 102 valence electrons. The van der Waals surface area contributed by atoms with Gasteiger partial charge in [-0.15, -0.1) is 0 Å². The number of hydrogen-bond donors (Lipinski definition) is 1. The summed E-state index contributed by atoms with van der Waals surface area (Å²) in [6, 6.07) is 8.83. The highest BCUT2D eigenvalue weighted by atomic mass is 32.1. The van der Waals surface area contributed by atoms with Crippen molar-refractivity contribution < 1.29 is 9.85 Å². The third-order valence-electron chi connectivity index (χ3n) is 2.23. The zero-order chi connectivity index (χ0) is 14.5. The van der Waals surface area contributed by atoms with E-state index >= 15 is 0 Å². The summed E-state index contributed by atoms with van der Waals surface area (Å²) in [4.78, 5) is 20.7. The summed E-state index contributed by atoms with van der Waals surface area (Å²) >= 11 is 0.988. The fraction of sp³-hybridized carbons (Fsp3) is 0. The van der Waals surface area contributed by atoms with E-state index in [0.717, 1.165) is 11.3 Å². The van der Waals surface area contributed by atoms with Crippen molar-refractivity contribution in [2.75, 3.05) is 5.43 Å². The number of benzene rings is 1. The molecule has 20 heavy (non-hydrogen) atoms. The van der Waals surface area contributed by atoms with E-state index in [4.69, 9.17) is 0 Å². The Kier molecular flexibility index (Phi) is 4.01. The Hall–Kier alpha value is -2.81. The summed E-state index contributed by atoms with van der Waals surface area (Å²) < 4.78 is 0. The highest BCUT2D eigenvalue weighted by molar-refractivity contribution is 7.16. The van der Waals surface area contributed by atoms with Gasteiger partial charge in [-0.1, -0.05) is 17.4 Å². The summed E-state index contributed by atoms with van der Waals surface area (Å²) in [5.41, 5.74) is 3.04. The summed E-state index contributed by atoms with van der Waals surface area (Å²) in [5.74, 6) is 0. The molecule has 0 aliphatic rings. The minimum absolute atomic E-state index is 0.0294. The molecule has 0 saturated carbocycles. The quantitative estimate of drug-likeness (QED) is 0.517. The number of rotatable bonds is 5. The number of nitrogens with zero attached hydrogens (tertiary/aromatic N) is 3. The Morgan fingerprint density at radius 3 is 2.60 bits per heavy atom. The van der Waals surface area contributed by atoms with Crippen LogP contribution in [0.1, 0.15) is 4.88 Å². The van der Waals surface area contributed by atoms with E-state index in [9.17, 15) is 20.2 Å². The lowest BCUT2D eigenvalue weighted by Crippen LogP contribution is -1.92. The number of nitro benzene ring substituents is 1. The molecule has 0 fully saturated rings. The van der Waals surface area contributed by atoms with Crippen molar-refractivity contribution >= 4 is 33.9 Å². The van der Waals surface area contributed by atoms with Crippen molar-refractivity contribution in [3.05, 3.63) is 61.5 Å². The van der Waals surface area contributed by atoms with E-state index in [1.165, 1.54) is 30.5 Å². The fourth-order valence-corrected chi connectivity index (χ4v) is 2.06. The average molecular weight is 292 g/mol. The first kappa shape index (κ1) is 13.6. The second kappa shape index (κ2) is 5.89. The number of non-ortho nitro benzene ring substituents is 1. The molecular formula is C11H8N4O4S. The number of nitro groups is 2. The normalized spacial score (nSPS) is 10.6. The largest absolute Gasteiger partial charge is 0.324 e. The molecule has 0 aliphatic heterocycles. The minimum Gasteiger partial charge on any atom is -0.278 e. The van der Waals surface area contributed by atoms with Gasteiger partial charge < -0.3 is 0 Å². The van der Waals surface area contributed by atoms with Crippen molar-refractivity contribution in [3.8, 4) is 0 Å². The van der Waals surface area contributed by atoms with E-state index in [1.54, 1.807) is 12.1 Å². The second-order valence-electron chi connectivity index (χ2n) is 3.61. The molecule has 0 amide bonds. The molecule has 1 N–H and O–H groups in total. The van der Waals surface area contributed by atoms with Crippen LogP contribution in [0.5, 0.6) is 0 Å². The molecule has 2 rings (SSSR count). The van der Waals surface area contributed by atoms with Gasteiger partial charge in [-0.25, -0.2) is 0 Å². The lowest BCUT2D eigenvalue weighted by atomic mass is 10.3. The number of anilines is 1. The minimum atomic E-state index is -0.502. The molecule has 0 aliphatic carbocycles. The summed E-state index contributed by atoms with van der Waals surface area (Å²) in [6.07, 6.45) is 1.41. The Morgan fingerprint density at radius 1 is 1.15 bits per heavy atom. The number of hydrogen-bond acceptors (Lipinski definition) is 7. The first-order valence-electron chi connectivity index (χ1n) is 5.34. The number of thiophene rings is 1. The maximum absolute atomic E-state index is 10.6. The van der Waals surface area contributed by atoms with E-state index in [0.29, 0.717) is 10.6 Å². The van der Waals surface area contributed by atoms with Gasteiger partial charge in [0.2, 0.25) is 0 Å². The van der Waals surface area contributed by atoms with Crippen LogP contribution in [0.3, 0.4) is 0 Å². The van der Waals surface area contributed by atoms with Crippen molar-refractivity contribution in [2.24, 2.45) is 5.10 Å². The average Bonchev–Trinajstić information content (AvgIpc) is 2.88. The molecule has 1 aromatic heterocycles. The molecule has 2 aromatic rings. The maximum atomic E-state index is 10.6. The monoisotopic (exact) mass is 292 g/mol. The molecule has 8 nitrogen and oxygen atoms in total. The van der Waals surface area contributed by atoms with Crippen LogP contribution in [0.4, 0.5) is 16.4 Å². The van der Waals surface area contributed by atoms with Crippen LogP contribution in [0.15, 0.2) is 41.5 Å². The predicted molar refractivity (Wildman–Crippen MR) is 75.3 cm³/mol. The van der Waals surface area contributed by atoms with Crippen LogP contribution in [0.25, 0.3) is 0 Å². The lowest BCUT2D eigenvalue weighted by Gasteiger charge is -1.98. The Morgan fingerprint density at radius 2 is 1.95 bits per heavy atom.